The van der Waals surface area contributed by atoms with E-state index in [-0.39, 0.29) is 12.2 Å². The lowest BCUT2D eigenvalue weighted by Crippen LogP contribution is -2.16. The summed E-state index contributed by atoms with van der Waals surface area (Å²) in [7, 11) is 0. The summed E-state index contributed by atoms with van der Waals surface area (Å²) in [6.07, 6.45) is 6.03. The number of rotatable bonds is 6. The summed E-state index contributed by atoms with van der Waals surface area (Å²) in [6, 6.07) is 18.8. The summed E-state index contributed by atoms with van der Waals surface area (Å²) in [5.41, 5.74) is 4.30. The highest BCUT2D eigenvalue weighted by Crippen LogP contribution is 2.37. The van der Waals surface area contributed by atoms with E-state index in [0.717, 1.165) is 42.5 Å². The van der Waals surface area contributed by atoms with E-state index in [0.29, 0.717) is 29.0 Å². The summed E-state index contributed by atoms with van der Waals surface area (Å²) in [5.74, 6) is 0.595. The lowest BCUT2D eigenvalue weighted by atomic mass is 9.77. The Morgan fingerprint density at radius 3 is 2.38 bits per heavy atom. The van der Waals surface area contributed by atoms with Gasteiger partial charge in [-0.05, 0) is 67.3 Å². The predicted molar refractivity (Wildman–Crippen MR) is 127 cm³/mol. The number of carboxylic acids is 1. The normalized spacial score (nSPS) is 18.0. The third kappa shape index (κ3) is 4.73. The smallest absolute Gasteiger partial charge is 0.303 e. The van der Waals surface area contributed by atoms with Crippen LogP contribution >= 0.6 is 0 Å². The van der Waals surface area contributed by atoms with Crippen molar-refractivity contribution in [3.05, 3.63) is 78.2 Å². The van der Waals surface area contributed by atoms with E-state index < -0.39 is 5.97 Å². The van der Waals surface area contributed by atoms with Gasteiger partial charge in [0.05, 0.1) is 11.3 Å². The van der Waals surface area contributed by atoms with Crippen molar-refractivity contribution in [1.29, 1.82) is 0 Å². The van der Waals surface area contributed by atoms with Crippen LogP contribution < -0.4 is 0 Å². The van der Waals surface area contributed by atoms with Gasteiger partial charge in [-0.1, -0.05) is 36.4 Å². The first-order valence-electron chi connectivity index (χ1n) is 11.5. The molecule has 7 heteroatoms. The second kappa shape index (κ2) is 9.55. The Bertz CT molecular complexity index is 1280. The molecule has 2 heterocycles. The zero-order chi connectivity index (χ0) is 23.5. The van der Waals surface area contributed by atoms with Gasteiger partial charge in [-0.2, -0.15) is 5.10 Å². The number of aliphatic carboxylic acids is 1. The van der Waals surface area contributed by atoms with Crippen LogP contribution in [0.15, 0.2) is 66.9 Å². The van der Waals surface area contributed by atoms with Crippen LogP contribution in [0.3, 0.4) is 0 Å². The second-order valence-corrected chi connectivity index (χ2v) is 8.86. The zero-order valence-electron chi connectivity index (χ0n) is 18.6. The van der Waals surface area contributed by atoms with Gasteiger partial charge in [0.25, 0.3) is 0 Å². The van der Waals surface area contributed by atoms with Crippen molar-refractivity contribution in [2.24, 2.45) is 5.92 Å². The first kappa shape index (κ1) is 21.9. The second-order valence-electron chi connectivity index (χ2n) is 8.86. The SMILES string of the molecule is O=C(O)CC1CCC(c2ccc(-c3ccc(-c4n[nH]c(-c5ccccc5F)n4)cn3)cc2)CC1. The molecule has 1 aliphatic rings. The van der Waals surface area contributed by atoms with E-state index in [2.05, 4.69) is 44.4 Å². The fourth-order valence-electron chi connectivity index (χ4n) is 4.73. The van der Waals surface area contributed by atoms with Crippen LogP contribution in [0.25, 0.3) is 34.0 Å². The van der Waals surface area contributed by atoms with Gasteiger partial charge in [0.15, 0.2) is 11.6 Å². The number of aromatic nitrogens is 4. The molecule has 4 aromatic rings. The van der Waals surface area contributed by atoms with Gasteiger partial charge in [0, 0.05) is 23.7 Å². The van der Waals surface area contributed by atoms with Crippen molar-refractivity contribution in [3.8, 4) is 34.0 Å². The number of halogens is 1. The first-order valence-corrected chi connectivity index (χ1v) is 11.5. The lowest BCUT2D eigenvalue weighted by Gasteiger charge is -2.28. The largest absolute Gasteiger partial charge is 0.481 e. The minimum absolute atomic E-state index is 0.283. The summed E-state index contributed by atoms with van der Waals surface area (Å²) in [5, 5.41) is 16.0. The van der Waals surface area contributed by atoms with Crippen LogP contribution in [0, 0.1) is 11.7 Å². The average Bonchev–Trinajstić information content (AvgIpc) is 3.35. The van der Waals surface area contributed by atoms with Gasteiger partial charge in [-0.15, -0.1) is 0 Å². The fraction of sp³-hybridized carbons (Fsp3) is 0.259. The van der Waals surface area contributed by atoms with Gasteiger partial charge in [0.2, 0.25) is 0 Å². The molecule has 0 aliphatic heterocycles. The number of carboxylic acid groups (broad SMARTS) is 1. The van der Waals surface area contributed by atoms with Gasteiger partial charge < -0.3 is 5.11 Å². The Morgan fingerprint density at radius 2 is 1.71 bits per heavy atom. The van der Waals surface area contributed by atoms with Crippen LogP contribution in [0.1, 0.15) is 43.6 Å². The molecule has 0 radical (unpaired) electrons. The van der Waals surface area contributed by atoms with E-state index in [9.17, 15) is 9.18 Å². The molecular formula is C27H25FN4O2. The van der Waals surface area contributed by atoms with Crippen molar-refractivity contribution in [2.45, 2.75) is 38.0 Å². The van der Waals surface area contributed by atoms with E-state index in [1.807, 2.05) is 12.1 Å². The molecule has 1 saturated carbocycles. The summed E-state index contributed by atoms with van der Waals surface area (Å²) in [6.45, 7) is 0. The van der Waals surface area contributed by atoms with E-state index in [1.165, 1.54) is 11.6 Å². The molecule has 2 N–H and O–H groups in total. The molecule has 2 aromatic heterocycles. The molecule has 1 aliphatic carbocycles. The fourth-order valence-corrected chi connectivity index (χ4v) is 4.73. The quantitative estimate of drug-likeness (QED) is 0.366. The molecule has 0 amide bonds. The van der Waals surface area contributed by atoms with Crippen LogP contribution in [0.5, 0.6) is 0 Å². The molecule has 34 heavy (non-hydrogen) atoms. The van der Waals surface area contributed by atoms with Crippen molar-refractivity contribution in [3.63, 3.8) is 0 Å². The Balaban J connectivity index is 1.26. The Labute approximate surface area is 196 Å². The highest BCUT2D eigenvalue weighted by molar-refractivity contribution is 5.67. The molecule has 1 fully saturated rings. The van der Waals surface area contributed by atoms with Gasteiger partial charge in [-0.25, -0.2) is 9.37 Å². The molecular weight excluding hydrogens is 431 g/mol. The van der Waals surface area contributed by atoms with Crippen LogP contribution in [0.2, 0.25) is 0 Å². The monoisotopic (exact) mass is 456 g/mol. The first-order chi connectivity index (χ1) is 16.6. The van der Waals surface area contributed by atoms with Crippen LogP contribution in [0.4, 0.5) is 4.39 Å². The Morgan fingerprint density at radius 1 is 0.971 bits per heavy atom. The highest BCUT2D eigenvalue weighted by Gasteiger charge is 2.24. The number of pyridine rings is 1. The number of nitrogens with one attached hydrogen (secondary N) is 1. The minimum Gasteiger partial charge on any atom is -0.481 e. The molecule has 0 bridgehead atoms. The molecule has 2 aromatic carbocycles. The summed E-state index contributed by atoms with van der Waals surface area (Å²) >= 11 is 0. The molecule has 0 atom stereocenters. The number of nitrogens with zero attached hydrogens (tertiary/aromatic N) is 3. The third-order valence-corrected chi connectivity index (χ3v) is 6.62. The topological polar surface area (TPSA) is 91.8 Å². The molecule has 6 nitrogen and oxygen atoms in total. The number of aromatic amines is 1. The Kier molecular flexibility index (Phi) is 6.16. The van der Waals surface area contributed by atoms with Crippen molar-refractivity contribution < 1.29 is 14.3 Å². The van der Waals surface area contributed by atoms with Gasteiger partial charge in [-0.3, -0.25) is 14.9 Å². The predicted octanol–water partition coefficient (Wildman–Crippen LogP) is 6.09. The Hall–Kier alpha value is -3.87. The zero-order valence-corrected chi connectivity index (χ0v) is 18.6. The van der Waals surface area contributed by atoms with Crippen LogP contribution in [-0.2, 0) is 4.79 Å². The van der Waals surface area contributed by atoms with E-state index in [4.69, 9.17) is 5.11 Å². The minimum atomic E-state index is -0.695. The van der Waals surface area contributed by atoms with Crippen LogP contribution in [-0.4, -0.2) is 31.2 Å². The maximum Gasteiger partial charge on any atom is 0.303 e. The molecule has 0 spiro atoms. The third-order valence-electron chi connectivity index (χ3n) is 6.62. The number of hydrogen-bond donors (Lipinski definition) is 2. The molecule has 0 unspecified atom stereocenters. The highest BCUT2D eigenvalue weighted by atomic mass is 19.1. The van der Waals surface area contributed by atoms with Gasteiger partial charge in [0.1, 0.15) is 5.82 Å². The van der Waals surface area contributed by atoms with Crippen molar-refractivity contribution in [2.75, 3.05) is 0 Å². The molecule has 0 saturated heterocycles. The molecule has 5 rings (SSSR count). The van der Waals surface area contributed by atoms with Gasteiger partial charge >= 0.3 is 5.97 Å². The standard InChI is InChI=1S/C27H25FN4O2/c28-23-4-2-1-3-22(23)27-30-26(31-32-27)21-13-14-24(29-16-21)20-11-9-19(10-12-20)18-7-5-17(6-8-18)15-25(33)34/h1-4,9-14,16-18H,5-8,15H2,(H,33,34)(H,30,31,32). The van der Waals surface area contributed by atoms with Crippen molar-refractivity contribution >= 4 is 5.97 Å². The number of H-pyrrole nitrogens is 1. The summed E-state index contributed by atoms with van der Waals surface area (Å²) < 4.78 is 14.0. The number of carbonyl (C=O) groups is 1. The average molecular weight is 457 g/mol. The van der Waals surface area contributed by atoms with Crippen molar-refractivity contribution in [1.82, 2.24) is 20.2 Å². The number of hydrogen-bond acceptors (Lipinski definition) is 4. The maximum absolute atomic E-state index is 14.0. The number of benzene rings is 2. The lowest BCUT2D eigenvalue weighted by molar-refractivity contribution is -0.138. The summed E-state index contributed by atoms with van der Waals surface area (Å²) in [4.78, 5) is 19.9. The van der Waals surface area contributed by atoms with E-state index in [1.54, 1.807) is 24.4 Å². The van der Waals surface area contributed by atoms with E-state index >= 15 is 0 Å². The molecule has 172 valence electrons. The maximum atomic E-state index is 14.0.